The SMILES string of the molecule is Cl.Cl.OCCNCCNCc1cc(Br)ccc1OCc1ccccc1Cl. The van der Waals surface area contributed by atoms with E-state index >= 15 is 0 Å². The van der Waals surface area contributed by atoms with Gasteiger partial charge in [0.25, 0.3) is 0 Å². The highest BCUT2D eigenvalue weighted by atomic mass is 79.9. The zero-order valence-electron chi connectivity index (χ0n) is 14.2. The van der Waals surface area contributed by atoms with Crippen LogP contribution < -0.4 is 15.4 Å². The van der Waals surface area contributed by atoms with E-state index in [9.17, 15) is 0 Å². The van der Waals surface area contributed by atoms with Crippen LogP contribution in [0.2, 0.25) is 5.02 Å². The third-order valence-electron chi connectivity index (χ3n) is 3.45. The maximum atomic E-state index is 8.73. The Hall–Kier alpha value is -0.530. The molecule has 0 aromatic heterocycles. The largest absolute Gasteiger partial charge is 0.489 e. The van der Waals surface area contributed by atoms with E-state index < -0.39 is 0 Å². The summed E-state index contributed by atoms with van der Waals surface area (Å²) in [5.41, 5.74) is 2.05. The maximum Gasteiger partial charge on any atom is 0.124 e. The van der Waals surface area contributed by atoms with Crippen LogP contribution in [0, 0.1) is 0 Å². The van der Waals surface area contributed by atoms with Gasteiger partial charge in [-0.25, -0.2) is 0 Å². The molecule has 26 heavy (non-hydrogen) atoms. The highest BCUT2D eigenvalue weighted by Crippen LogP contribution is 2.25. The van der Waals surface area contributed by atoms with Gasteiger partial charge in [0.05, 0.1) is 6.61 Å². The van der Waals surface area contributed by atoms with Crippen LogP contribution in [0.5, 0.6) is 5.75 Å². The molecule has 0 spiro atoms. The fraction of sp³-hybridized carbons (Fsp3) is 0.333. The zero-order chi connectivity index (χ0) is 17.2. The van der Waals surface area contributed by atoms with Crippen molar-refractivity contribution in [1.82, 2.24) is 10.6 Å². The Kier molecular flexibility index (Phi) is 14.2. The Morgan fingerprint density at radius 3 is 2.42 bits per heavy atom. The summed E-state index contributed by atoms with van der Waals surface area (Å²) >= 11 is 9.68. The number of ether oxygens (including phenoxy) is 1. The van der Waals surface area contributed by atoms with Crippen LogP contribution in [-0.2, 0) is 13.2 Å². The van der Waals surface area contributed by atoms with Crippen molar-refractivity contribution in [3.63, 3.8) is 0 Å². The van der Waals surface area contributed by atoms with E-state index in [0.29, 0.717) is 24.7 Å². The topological polar surface area (TPSA) is 53.5 Å². The molecule has 0 atom stereocenters. The number of halogens is 4. The van der Waals surface area contributed by atoms with E-state index in [4.69, 9.17) is 21.4 Å². The molecule has 0 amide bonds. The molecule has 0 unspecified atom stereocenters. The normalized spacial score (nSPS) is 9.96. The second kappa shape index (κ2) is 14.5. The Morgan fingerprint density at radius 2 is 1.69 bits per heavy atom. The van der Waals surface area contributed by atoms with Crippen molar-refractivity contribution in [3.8, 4) is 5.75 Å². The molecule has 2 aromatic rings. The van der Waals surface area contributed by atoms with Gasteiger partial charge in [0.1, 0.15) is 12.4 Å². The van der Waals surface area contributed by atoms with Crippen molar-refractivity contribution in [2.75, 3.05) is 26.2 Å². The molecule has 146 valence electrons. The number of benzene rings is 2. The van der Waals surface area contributed by atoms with E-state index in [2.05, 4.69) is 32.6 Å². The van der Waals surface area contributed by atoms with Crippen LogP contribution in [0.15, 0.2) is 46.9 Å². The molecular formula is C18H24BrCl3N2O2. The van der Waals surface area contributed by atoms with Crippen LogP contribution in [0.1, 0.15) is 11.1 Å². The average Bonchev–Trinajstić information content (AvgIpc) is 2.58. The predicted molar refractivity (Wildman–Crippen MR) is 116 cm³/mol. The summed E-state index contributed by atoms with van der Waals surface area (Å²) in [5, 5.41) is 15.9. The molecule has 2 aromatic carbocycles. The lowest BCUT2D eigenvalue weighted by Crippen LogP contribution is -2.28. The highest BCUT2D eigenvalue weighted by Gasteiger charge is 2.06. The summed E-state index contributed by atoms with van der Waals surface area (Å²) in [6.45, 7) is 3.54. The lowest BCUT2D eigenvalue weighted by Gasteiger charge is -2.14. The summed E-state index contributed by atoms with van der Waals surface area (Å²) in [4.78, 5) is 0. The summed E-state index contributed by atoms with van der Waals surface area (Å²) in [7, 11) is 0. The molecular weight excluding hydrogens is 462 g/mol. The van der Waals surface area contributed by atoms with E-state index in [0.717, 1.165) is 34.4 Å². The third kappa shape index (κ3) is 8.91. The fourth-order valence-electron chi connectivity index (χ4n) is 2.20. The molecule has 0 aliphatic rings. The van der Waals surface area contributed by atoms with Crippen molar-refractivity contribution < 1.29 is 9.84 Å². The van der Waals surface area contributed by atoms with Crippen LogP contribution in [0.3, 0.4) is 0 Å². The van der Waals surface area contributed by atoms with Gasteiger partial charge < -0.3 is 20.5 Å². The summed E-state index contributed by atoms with van der Waals surface area (Å²) in [6, 6.07) is 13.7. The molecule has 2 rings (SSSR count). The van der Waals surface area contributed by atoms with Gasteiger partial charge >= 0.3 is 0 Å². The lowest BCUT2D eigenvalue weighted by atomic mass is 10.2. The second-order valence-electron chi connectivity index (χ2n) is 5.28. The number of nitrogens with one attached hydrogen (secondary N) is 2. The second-order valence-corrected chi connectivity index (χ2v) is 6.61. The van der Waals surface area contributed by atoms with Crippen LogP contribution in [0.4, 0.5) is 0 Å². The number of aliphatic hydroxyl groups excluding tert-OH is 1. The molecule has 0 aliphatic heterocycles. The van der Waals surface area contributed by atoms with Crippen molar-refractivity contribution in [1.29, 1.82) is 0 Å². The van der Waals surface area contributed by atoms with Crippen molar-refractivity contribution >= 4 is 52.3 Å². The number of hydrogen-bond donors (Lipinski definition) is 3. The van der Waals surface area contributed by atoms with E-state index in [1.54, 1.807) is 0 Å². The molecule has 0 saturated heterocycles. The first-order valence-corrected chi connectivity index (χ1v) is 9.04. The smallest absolute Gasteiger partial charge is 0.124 e. The van der Waals surface area contributed by atoms with Gasteiger partial charge in [0.15, 0.2) is 0 Å². The third-order valence-corrected chi connectivity index (χ3v) is 4.31. The molecule has 0 radical (unpaired) electrons. The Balaban J connectivity index is 0.00000312. The van der Waals surface area contributed by atoms with Gasteiger partial charge in [-0.05, 0) is 24.3 Å². The molecule has 0 heterocycles. The highest BCUT2D eigenvalue weighted by molar-refractivity contribution is 9.10. The van der Waals surface area contributed by atoms with Gasteiger partial charge in [-0.2, -0.15) is 0 Å². The standard InChI is InChI=1S/C18H22BrClN2O2.2ClH/c19-16-5-6-18(24-13-14-3-1-2-4-17(14)20)15(11-16)12-22-8-7-21-9-10-23;;/h1-6,11,21-23H,7-10,12-13H2;2*1H. The lowest BCUT2D eigenvalue weighted by molar-refractivity contribution is 0.292. The Morgan fingerprint density at radius 1 is 0.962 bits per heavy atom. The molecule has 0 bridgehead atoms. The minimum Gasteiger partial charge on any atom is -0.489 e. The molecule has 8 heteroatoms. The van der Waals surface area contributed by atoms with E-state index in [-0.39, 0.29) is 31.4 Å². The quantitative estimate of drug-likeness (QED) is 0.441. The van der Waals surface area contributed by atoms with Crippen LogP contribution in [0.25, 0.3) is 0 Å². The number of aliphatic hydroxyl groups is 1. The summed E-state index contributed by atoms with van der Waals surface area (Å²) < 4.78 is 6.98. The fourth-order valence-corrected chi connectivity index (χ4v) is 2.80. The predicted octanol–water partition coefficient (Wildman–Crippen LogP) is 4.20. The zero-order valence-corrected chi connectivity index (χ0v) is 18.2. The molecule has 4 nitrogen and oxygen atoms in total. The number of hydrogen-bond acceptors (Lipinski definition) is 4. The molecule has 3 N–H and O–H groups in total. The first kappa shape index (κ1) is 25.5. The minimum atomic E-state index is 0. The van der Waals surface area contributed by atoms with Gasteiger partial charge in [-0.15, -0.1) is 24.8 Å². The first-order valence-electron chi connectivity index (χ1n) is 7.87. The first-order chi connectivity index (χ1) is 11.7. The van der Waals surface area contributed by atoms with Gasteiger partial charge in [0, 0.05) is 46.8 Å². The monoisotopic (exact) mass is 484 g/mol. The van der Waals surface area contributed by atoms with E-state index in [1.807, 2.05) is 36.4 Å². The summed E-state index contributed by atoms with van der Waals surface area (Å²) in [6.07, 6.45) is 0. The number of rotatable bonds is 10. The maximum absolute atomic E-state index is 8.73. The average molecular weight is 487 g/mol. The van der Waals surface area contributed by atoms with Crippen molar-refractivity contribution in [2.24, 2.45) is 0 Å². The van der Waals surface area contributed by atoms with Gasteiger partial charge in [-0.3, -0.25) is 0 Å². The van der Waals surface area contributed by atoms with E-state index in [1.165, 1.54) is 0 Å². The van der Waals surface area contributed by atoms with Crippen molar-refractivity contribution in [3.05, 3.63) is 63.1 Å². The molecule has 0 fully saturated rings. The van der Waals surface area contributed by atoms with Crippen LogP contribution in [-0.4, -0.2) is 31.3 Å². The Labute approximate surface area is 180 Å². The van der Waals surface area contributed by atoms with Crippen molar-refractivity contribution in [2.45, 2.75) is 13.2 Å². The van der Waals surface area contributed by atoms with Crippen LogP contribution >= 0.6 is 52.3 Å². The minimum absolute atomic E-state index is 0. The van der Waals surface area contributed by atoms with Gasteiger partial charge in [-0.1, -0.05) is 45.7 Å². The molecule has 0 aliphatic carbocycles. The van der Waals surface area contributed by atoms with Gasteiger partial charge in [0.2, 0.25) is 0 Å². The molecule has 0 saturated carbocycles. The summed E-state index contributed by atoms with van der Waals surface area (Å²) in [5.74, 6) is 0.842. The Bertz CT molecular complexity index is 648.